The van der Waals surface area contributed by atoms with Gasteiger partial charge in [0.2, 0.25) is 0 Å². The third-order valence-electron chi connectivity index (χ3n) is 3.30. The standard InChI is InChI=1S/C16H19N3O3/c1-19(12-6-7-18-13(9-12)16(17)20)10-11-4-5-14(21-2)15(8-11)22-3/h4-9H,10H2,1-3H3,(H2,17,20). The summed E-state index contributed by atoms with van der Waals surface area (Å²) in [4.78, 5) is 17.1. The largest absolute Gasteiger partial charge is 0.493 e. The topological polar surface area (TPSA) is 77.7 Å². The van der Waals surface area contributed by atoms with Gasteiger partial charge in [0.25, 0.3) is 5.91 Å². The highest BCUT2D eigenvalue weighted by atomic mass is 16.5. The van der Waals surface area contributed by atoms with Crippen LogP contribution in [-0.2, 0) is 6.54 Å². The van der Waals surface area contributed by atoms with E-state index in [4.69, 9.17) is 15.2 Å². The van der Waals surface area contributed by atoms with E-state index >= 15 is 0 Å². The Labute approximate surface area is 129 Å². The van der Waals surface area contributed by atoms with E-state index in [0.717, 1.165) is 11.3 Å². The van der Waals surface area contributed by atoms with Gasteiger partial charge in [-0.3, -0.25) is 9.78 Å². The first kappa shape index (κ1) is 15.6. The predicted molar refractivity (Wildman–Crippen MR) is 84.4 cm³/mol. The molecule has 0 saturated heterocycles. The molecule has 2 rings (SSSR count). The van der Waals surface area contributed by atoms with Crippen LogP contribution < -0.4 is 20.1 Å². The molecule has 0 aliphatic heterocycles. The maximum atomic E-state index is 11.2. The van der Waals surface area contributed by atoms with E-state index in [1.165, 1.54) is 0 Å². The summed E-state index contributed by atoms with van der Waals surface area (Å²) in [5, 5.41) is 0. The summed E-state index contributed by atoms with van der Waals surface area (Å²) in [5.74, 6) is 0.830. The first-order valence-corrected chi connectivity index (χ1v) is 6.73. The van der Waals surface area contributed by atoms with Gasteiger partial charge < -0.3 is 20.1 Å². The fourth-order valence-corrected chi connectivity index (χ4v) is 2.14. The Bertz CT molecular complexity index is 673. The van der Waals surface area contributed by atoms with Crippen LogP contribution in [0.15, 0.2) is 36.5 Å². The van der Waals surface area contributed by atoms with Crippen LogP contribution in [-0.4, -0.2) is 32.2 Å². The number of nitrogens with two attached hydrogens (primary N) is 1. The number of anilines is 1. The van der Waals surface area contributed by atoms with Gasteiger partial charge in [0.05, 0.1) is 14.2 Å². The molecular formula is C16H19N3O3. The Morgan fingerprint density at radius 1 is 1.18 bits per heavy atom. The summed E-state index contributed by atoms with van der Waals surface area (Å²) < 4.78 is 10.5. The first-order valence-electron chi connectivity index (χ1n) is 6.73. The number of pyridine rings is 1. The Morgan fingerprint density at radius 3 is 2.55 bits per heavy atom. The number of carbonyl (C=O) groups is 1. The van der Waals surface area contributed by atoms with E-state index in [1.807, 2.05) is 36.2 Å². The fourth-order valence-electron chi connectivity index (χ4n) is 2.14. The minimum atomic E-state index is -0.540. The third kappa shape index (κ3) is 3.46. The highest BCUT2D eigenvalue weighted by Crippen LogP contribution is 2.28. The molecule has 0 fully saturated rings. The number of nitrogens with zero attached hydrogens (tertiary/aromatic N) is 2. The summed E-state index contributed by atoms with van der Waals surface area (Å²) >= 11 is 0. The minimum Gasteiger partial charge on any atom is -0.493 e. The third-order valence-corrected chi connectivity index (χ3v) is 3.30. The first-order chi connectivity index (χ1) is 10.5. The number of amides is 1. The average molecular weight is 301 g/mol. The molecule has 22 heavy (non-hydrogen) atoms. The van der Waals surface area contributed by atoms with Crippen LogP contribution in [0.2, 0.25) is 0 Å². The number of rotatable bonds is 6. The van der Waals surface area contributed by atoms with Crippen molar-refractivity contribution < 1.29 is 14.3 Å². The Kier molecular flexibility index (Phi) is 4.83. The zero-order valence-electron chi connectivity index (χ0n) is 12.9. The van der Waals surface area contributed by atoms with E-state index < -0.39 is 5.91 Å². The number of primary amides is 1. The molecule has 0 atom stereocenters. The van der Waals surface area contributed by atoms with Gasteiger partial charge in [-0.25, -0.2) is 0 Å². The average Bonchev–Trinajstić information content (AvgIpc) is 2.54. The van der Waals surface area contributed by atoms with Crippen molar-refractivity contribution in [2.45, 2.75) is 6.54 Å². The second-order valence-corrected chi connectivity index (χ2v) is 4.81. The van der Waals surface area contributed by atoms with Gasteiger partial charge in [-0.2, -0.15) is 0 Å². The van der Waals surface area contributed by atoms with Gasteiger partial charge in [-0.05, 0) is 29.8 Å². The van der Waals surface area contributed by atoms with Gasteiger partial charge in [0.15, 0.2) is 11.5 Å². The van der Waals surface area contributed by atoms with Crippen LogP contribution in [0.5, 0.6) is 11.5 Å². The van der Waals surface area contributed by atoms with Crippen molar-refractivity contribution in [1.29, 1.82) is 0 Å². The lowest BCUT2D eigenvalue weighted by atomic mass is 10.1. The lowest BCUT2D eigenvalue weighted by molar-refractivity contribution is 0.0995. The van der Waals surface area contributed by atoms with Crippen molar-refractivity contribution in [3.05, 3.63) is 47.8 Å². The van der Waals surface area contributed by atoms with Crippen molar-refractivity contribution in [3.8, 4) is 11.5 Å². The molecule has 2 aromatic rings. The van der Waals surface area contributed by atoms with Crippen molar-refractivity contribution in [2.75, 3.05) is 26.2 Å². The zero-order valence-corrected chi connectivity index (χ0v) is 12.9. The van der Waals surface area contributed by atoms with Crippen LogP contribution in [0, 0.1) is 0 Å². The molecule has 2 N–H and O–H groups in total. The molecule has 0 bridgehead atoms. The summed E-state index contributed by atoms with van der Waals surface area (Å²) in [6.45, 7) is 0.641. The van der Waals surface area contributed by atoms with Crippen LogP contribution in [0.3, 0.4) is 0 Å². The quantitative estimate of drug-likeness (QED) is 0.880. The van der Waals surface area contributed by atoms with Crippen molar-refractivity contribution in [3.63, 3.8) is 0 Å². The van der Waals surface area contributed by atoms with Gasteiger partial charge in [0, 0.05) is 25.5 Å². The Balaban J connectivity index is 2.19. The lowest BCUT2D eigenvalue weighted by Crippen LogP contribution is -2.18. The molecule has 0 aliphatic carbocycles. The van der Waals surface area contributed by atoms with Crippen LogP contribution in [0.1, 0.15) is 16.1 Å². The van der Waals surface area contributed by atoms with Gasteiger partial charge in [0.1, 0.15) is 5.69 Å². The summed E-state index contributed by atoms with van der Waals surface area (Å²) in [5.41, 5.74) is 7.41. The number of carbonyl (C=O) groups excluding carboxylic acids is 1. The fraction of sp³-hybridized carbons (Fsp3) is 0.250. The molecule has 0 spiro atoms. The number of ether oxygens (including phenoxy) is 2. The van der Waals surface area contributed by atoms with Crippen molar-refractivity contribution >= 4 is 11.6 Å². The Hall–Kier alpha value is -2.76. The van der Waals surface area contributed by atoms with E-state index in [9.17, 15) is 4.79 Å². The monoisotopic (exact) mass is 301 g/mol. The number of hydrogen-bond acceptors (Lipinski definition) is 5. The molecule has 116 valence electrons. The maximum Gasteiger partial charge on any atom is 0.267 e. The van der Waals surface area contributed by atoms with E-state index in [2.05, 4.69) is 4.98 Å². The molecule has 0 aliphatic rings. The minimum absolute atomic E-state index is 0.247. The second-order valence-electron chi connectivity index (χ2n) is 4.81. The smallest absolute Gasteiger partial charge is 0.267 e. The van der Waals surface area contributed by atoms with Gasteiger partial charge >= 0.3 is 0 Å². The van der Waals surface area contributed by atoms with Crippen molar-refractivity contribution in [1.82, 2.24) is 4.98 Å². The van der Waals surface area contributed by atoms with E-state index in [1.54, 1.807) is 26.5 Å². The predicted octanol–water partition coefficient (Wildman–Crippen LogP) is 1.83. The second kappa shape index (κ2) is 6.80. The molecule has 1 aromatic heterocycles. The molecule has 0 radical (unpaired) electrons. The zero-order chi connectivity index (χ0) is 16.1. The summed E-state index contributed by atoms with van der Waals surface area (Å²) in [6.07, 6.45) is 1.57. The highest BCUT2D eigenvalue weighted by molar-refractivity contribution is 5.91. The molecular weight excluding hydrogens is 282 g/mol. The molecule has 1 aromatic carbocycles. The number of hydrogen-bond donors (Lipinski definition) is 1. The van der Waals surface area contributed by atoms with Crippen molar-refractivity contribution in [2.24, 2.45) is 5.73 Å². The molecule has 6 heteroatoms. The summed E-state index contributed by atoms with van der Waals surface area (Å²) in [7, 11) is 5.14. The lowest BCUT2D eigenvalue weighted by Gasteiger charge is -2.20. The van der Waals surface area contributed by atoms with Crippen LogP contribution >= 0.6 is 0 Å². The maximum absolute atomic E-state index is 11.2. The highest BCUT2D eigenvalue weighted by Gasteiger charge is 2.09. The number of benzene rings is 1. The van der Waals surface area contributed by atoms with E-state index in [-0.39, 0.29) is 5.69 Å². The molecule has 0 unspecified atom stereocenters. The Morgan fingerprint density at radius 2 is 1.91 bits per heavy atom. The number of methoxy groups -OCH3 is 2. The molecule has 1 amide bonds. The SMILES string of the molecule is COc1ccc(CN(C)c2ccnc(C(N)=O)c2)cc1OC. The van der Waals surface area contributed by atoms with Crippen LogP contribution in [0.4, 0.5) is 5.69 Å². The van der Waals surface area contributed by atoms with Crippen LogP contribution in [0.25, 0.3) is 0 Å². The number of aromatic nitrogens is 1. The summed E-state index contributed by atoms with van der Waals surface area (Å²) in [6, 6.07) is 9.25. The van der Waals surface area contributed by atoms with Gasteiger partial charge in [-0.15, -0.1) is 0 Å². The molecule has 1 heterocycles. The molecule has 6 nitrogen and oxygen atoms in total. The normalized spacial score (nSPS) is 10.1. The van der Waals surface area contributed by atoms with Gasteiger partial charge in [-0.1, -0.05) is 6.07 Å². The van der Waals surface area contributed by atoms with E-state index in [0.29, 0.717) is 18.0 Å². The molecule has 0 saturated carbocycles.